The average molecular weight is 229 g/mol. The molecule has 0 saturated heterocycles. The lowest BCUT2D eigenvalue weighted by Gasteiger charge is -2.05. The van der Waals surface area contributed by atoms with Crippen molar-refractivity contribution >= 4 is 17.7 Å². The maximum absolute atomic E-state index is 11.4. The van der Waals surface area contributed by atoms with Gasteiger partial charge in [-0.2, -0.15) is 5.10 Å². The number of ether oxygens (including phenoxy) is 1. The number of rotatable bonds is 6. The maximum Gasteiger partial charge on any atom is 0.356 e. The van der Waals surface area contributed by atoms with Gasteiger partial charge < -0.3 is 10.5 Å². The molecule has 84 valence electrons. The van der Waals surface area contributed by atoms with E-state index in [4.69, 9.17) is 10.5 Å². The minimum absolute atomic E-state index is 0.330. The molecule has 0 aliphatic rings. The lowest BCUT2D eigenvalue weighted by Crippen LogP contribution is -2.13. The monoisotopic (exact) mass is 229 g/mol. The first-order chi connectivity index (χ1) is 7.29. The lowest BCUT2D eigenvalue weighted by atomic mass is 10.4. The molecular weight excluding hydrogens is 214 g/mol. The number of carbonyl (C=O) groups excluding carboxylic acids is 1. The fraction of sp³-hybridized carbons (Fsp3) is 0.556. The van der Waals surface area contributed by atoms with Crippen LogP contribution in [0.25, 0.3) is 0 Å². The molecule has 1 heterocycles. The predicted molar refractivity (Wildman–Crippen MR) is 59.7 cm³/mol. The normalized spacial score (nSPS) is 10.3. The number of hydrogen-bond donors (Lipinski definition) is 1. The topological polar surface area (TPSA) is 70.1 Å². The molecule has 1 aromatic heterocycles. The SMILES string of the molecule is CCOC(=O)c1ccnn1CSCCN. The summed E-state index contributed by atoms with van der Waals surface area (Å²) in [4.78, 5) is 11.4. The summed E-state index contributed by atoms with van der Waals surface area (Å²) in [5, 5.41) is 4.05. The molecule has 15 heavy (non-hydrogen) atoms. The fourth-order valence-electron chi connectivity index (χ4n) is 1.05. The Balaban J connectivity index is 2.56. The van der Waals surface area contributed by atoms with E-state index in [0.717, 1.165) is 5.75 Å². The molecule has 6 heteroatoms. The van der Waals surface area contributed by atoms with E-state index in [1.807, 2.05) is 0 Å². The van der Waals surface area contributed by atoms with Gasteiger partial charge in [-0.05, 0) is 13.0 Å². The molecular formula is C9H15N3O2S. The van der Waals surface area contributed by atoms with Gasteiger partial charge in [-0.15, -0.1) is 11.8 Å². The molecule has 0 aliphatic heterocycles. The van der Waals surface area contributed by atoms with Crippen molar-refractivity contribution in [3.63, 3.8) is 0 Å². The van der Waals surface area contributed by atoms with Crippen LogP contribution in [0.1, 0.15) is 17.4 Å². The summed E-state index contributed by atoms with van der Waals surface area (Å²) in [6.45, 7) is 2.78. The van der Waals surface area contributed by atoms with E-state index in [1.54, 1.807) is 35.6 Å². The highest BCUT2D eigenvalue weighted by atomic mass is 32.2. The van der Waals surface area contributed by atoms with E-state index in [0.29, 0.717) is 24.7 Å². The summed E-state index contributed by atoms with van der Waals surface area (Å²) in [5.74, 6) is 1.14. The summed E-state index contributed by atoms with van der Waals surface area (Å²) in [7, 11) is 0. The molecule has 0 saturated carbocycles. The summed E-state index contributed by atoms with van der Waals surface area (Å²) < 4.78 is 6.52. The second kappa shape index (κ2) is 6.47. The zero-order chi connectivity index (χ0) is 11.1. The van der Waals surface area contributed by atoms with Crippen LogP contribution in [0.2, 0.25) is 0 Å². The Morgan fingerprint density at radius 1 is 1.73 bits per heavy atom. The third-order valence-corrected chi connectivity index (χ3v) is 2.63. The highest BCUT2D eigenvalue weighted by Gasteiger charge is 2.12. The smallest absolute Gasteiger partial charge is 0.356 e. The highest BCUT2D eigenvalue weighted by Crippen LogP contribution is 2.08. The summed E-state index contributed by atoms with van der Waals surface area (Å²) in [6.07, 6.45) is 1.59. The number of aromatic nitrogens is 2. The highest BCUT2D eigenvalue weighted by molar-refractivity contribution is 7.98. The largest absolute Gasteiger partial charge is 0.461 e. The number of nitrogens with two attached hydrogens (primary N) is 1. The van der Waals surface area contributed by atoms with E-state index in [2.05, 4.69) is 5.10 Å². The number of carbonyl (C=O) groups is 1. The van der Waals surface area contributed by atoms with Crippen LogP contribution < -0.4 is 5.73 Å². The fourth-order valence-corrected chi connectivity index (χ4v) is 1.72. The Bertz CT molecular complexity index is 314. The van der Waals surface area contributed by atoms with Gasteiger partial charge in [-0.3, -0.25) is 0 Å². The van der Waals surface area contributed by atoms with Crippen molar-refractivity contribution in [3.05, 3.63) is 18.0 Å². The molecule has 0 amide bonds. The van der Waals surface area contributed by atoms with E-state index >= 15 is 0 Å². The molecule has 2 N–H and O–H groups in total. The van der Waals surface area contributed by atoms with E-state index in [-0.39, 0.29) is 5.97 Å². The molecule has 0 unspecified atom stereocenters. The zero-order valence-electron chi connectivity index (χ0n) is 8.68. The first-order valence-electron chi connectivity index (χ1n) is 4.76. The number of nitrogens with zero attached hydrogens (tertiary/aromatic N) is 2. The Morgan fingerprint density at radius 2 is 2.53 bits per heavy atom. The van der Waals surface area contributed by atoms with Crippen LogP contribution in [0.5, 0.6) is 0 Å². The van der Waals surface area contributed by atoms with Crippen molar-refractivity contribution in [3.8, 4) is 0 Å². The molecule has 5 nitrogen and oxygen atoms in total. The van der Waals surface area contributed by atoms with Crippen LogP contribution in [0.4, 0.5) is 0 Å². The van der Waals surface area contributed by atoms with Crippen LogP contribution in [0.15, 0.2) is 12.3 Å². The molecule has 0 fully saturated rings. The van der Waals surface area contributed by atoms with Crippen LogP contribution in [0, 0.1) is 0 Å². The van der Waals surface area contributed by atoms with Gasteiger partial charge in [0.25, 0.3) is 0 Å². The Kier molecular flexibility index (Phi) is 5.20. The van der Waals surface area contributed by atoms with E-state index < -0.39 is 0 Å². The number of thioether (sulfide) groups is 1. The van der Waals surface area contributed by atoms with Crippen LogP contribution in [-0.2, 0) is 10.6 Å². The minimum Gasteiger partial charge on any atom is -0.461 e. The lowest BCUT2D eigenvalue weighted by molar-refractivity contribution is 0.0513. The van der Waals surface area contributed by atoms with E-state index in [1.165, 1.54) is 0 Å². The molecule has 0 bridgehead atoms. The van der Waals surface area contributed by atoms with Crippen molar-refractivity contribution in [2.45, 2.75) is 12.8 Å². The molecule has 0 spiro atoms. The Hall–Kier alpha value is -1.01. The summed E-state index contributed by atoms with van der Waals surface area (Å²) in [6, 6.07) is 1.65. The number of hydrogen-bond acceptors (Lipinski definition) is 5. The maximum atomic E-state index is 11.4. The second-order valence-corrected chi connectivity index (χ2v) is 3.84. The van der Waals surface area contributed by atoms with Gasteiger partial charge in [0.1, 0.15) is 5.69 Å². The van der Waals surface area contributed by atoms with Crippen molar-refractivity contribution in [1.29, 1.82) is 0 Å². The third kappa shape index (κ3) is 3.56. The molecule has 1 aromatic rings. The van der Waals surface area contributed by atoms with Gasteiger partial charge in [0, 0.05) is 18.5 Å². The van der Waals surface area contributed by atoms with Gasteiger partial charge in [0.2, 0.25) is 0 Å². The standard InChI is InChI=1S/C9H15N3O2S/c1-2-14-9(13)8-3-5-11-12(8)7-15-6-4-10/h3,5H,2,4,6-7,10H2,1H3. The molecule has 1 rings (SSSR count). The van der Waals surface area contributed by atoms with Gasteiger partial charge in [0.15, 0.2) is 0 Å². The minimum atomic E-state index is -0.330. The average Bonchev–Trinajstić information content (AvgIpc) is 2.67. The van der Waals surface area contributed by atoms with Crippen LogP contribution >= 0.6 is 11.8 Å². The number of esters is 1. The van der Waals surface area contributed by atoms with Crippen molar-refractivity contribution in [1.82, 2.24) is 9.78 Å². The quantitative estimate of drug-likeness (QED) is 0.574. The van der Waals surface area contributed by atoms with Gasteiger partial charge in [0.05, 0.1) is 12.5 Å². The first-order valence-corrected chi connectivity index (χ1v) is 5.91. The van der Waals surface area contributed by atoms with Crippen molar-refractivity contribution < 1.29 is 9.53 Å². The molecule has 0 atom stereocenters. The van der Waals surface area contributed by atoms with Gasteiger partial charge >= 0.3 is 5.97 Å². The molecule has 0 aliphatic carbocycles. The molecule has 0 aromatic carbocycles. The molecule has 0 radical (unpaired) electrons. The van der Waals surface area contributed by atoms with Crippen molar-refractivity contribution in [2.24, 2.45) is 5.73 Å². The van der Waals surface area contributed by atoms with Crippen LogP contribution in [-0.4, -0.2) is 34.7 Å². The zero-order valence-corrected chi connectivity index (χ0v) is 9.50. The van der Waals surface area contributed by atoms with Crippen LogP contribution in [0.3, 0.4) is 0 Å². The summed E-state index contributed by atoms with van der Waals surface area (Å²) in [5.41, 5.74) is 5.86. The Morgan fingerprint density at radius 3 is 3.20 bits per heavy atom. The van der Waals surface area contributed by atoms with E-state index in [9.17, 15) is 4.79 Å². The first kappa shape index (κ1) is 12.1. The van der Waals surface area contributed by atoms with Gasteiger partial charge in [-0.1, -0.05) is 0 Å². The Labute approximate surface area is 93.0 Å². The van der Waals surface area contributed by atoms with Gasteiger partial charge in [-0.25, -0.2) is 9.48 Å². The second-order valence-electron chi connectivity index (χ2n) is 2.76. The predicted octanol–water partition coefficient (Wildman–Crippen LogP) is 0.709. The van der Waals surface area contributed by atoms with Crippen molar-refractivity contribution in [2.75, 3.05) is 18.9 Å². The third-order valence-electron chi connectivity index (χ3n) is 1.68. The summed E-state index contributed by atoms with van der Waals surface area (Å²) >= 11 is 1.63.